The van der Waals surface area contributed by atoms with Crippen LogP contribution in [-0.2, 0) is 11.3 Å². The first-order chi connectivity index (χ1) is 15.1. The number of amides is 2. The Balaban J connectivity index is 1.97. The van der Waals surface area contributed by atoms with Crippen molar-refractivity contribution in [2.24, 2.45) is 5.41 Å². The fraction of sp³-hybridized carbons (Fsp3) is 0.348. The number of hydrogen-bond donors (Lipinski definition) is 3. The molecule has 9 heteroatoms. The molecule has 0 saturated heterocycles. The lowest BCUT2D eigenvalue weighted by Gasteiger charge is -2.30. The average molecular weight is 444 g/mol. The number of fused-ring (bicyclic) bond motifs is 1. The Hall–Kier alpha value is -3.33. The van der Waals surface area contributed by atoms with Crippen molar-refractivity contribution in [2.45, 2.75) is 33.4 Å². The van der Waals surface area contributed by atoms with E-state index in [1.165, 1.54) is 28.9 Å². The number of nitrogens with zero attached hydrogens (tertiary/aromatic N) is 2. The van der Waals surface area contributed by atoms with E-state index in [1.807, 2.05) is 0 Å². The van der Waals surface area contributed by atoms with Crippen molar-refractivity contribution in [3.8, 4) is 0 Å². The van der Waals surface area contributed by atoms with Crippen LogP contribution in [0.5, 0.6) is 0 Å². The number of carbonyl (C=O) groups excluding carboxylic acids is 2. The number of benzene rings is 2. The quantitative estimate of drug-likeness (QED) is 0.522. The first-order valence-electron chi connectivity index (χ1n) is 10.2. The number of nitrogens with one attached hydrogen (secondary N) is 2. The molecular weight excluding hydrogens is 418 g/mol. The number of halogens is 2. The highest BCUT2D eigenvalue weighted by Gasteiger charge is 2.34. The minimum Gasteiger partial charge on any atom is -0.395 e. The predicted molar refractivity (Wildman–Crippen MR) is 116 cm³/mol. The predicted octanol–water partition coefficient (Wildman–Crippen LogP) is 2.62. The highest BCUT2D eigenvalue weighted by Crippen LogP contribution is 2.24. The summed E-state index contributed by atoms with van der Waals surface area (Å²) in [6.45, 7) is 5.34. The van der Waals surface area contributed by atoms with Gasteiger partial charge in [-0.1, -0.05) is 45.0 Å². The number of hydrogen-bond acceptors (Lipinski definition) is 4. The summed E-state index contributed by atoms with van der Waals surface area (Å²) in [7, 11) is 0. The first-order valence-corrected chi connectivity index (χ1v) is 10.2. The number of carbonyl (C=O) groups is 2. The minimum atomic E-state index is -0.910. The molecule has 170 valence electrons. The molecule has 3 aromatic rings. The molecule has 0 saturated carbocycles. The molecule has 3 rings (SSSR count). The Kier molecular flexibility index (Phi) is 6.88. The Morgan fingerprint density at radius 3 is 2.44 bits per heavy atom. The zero-order valence-corrected chi connectivity index (χ0v) is 18.2. The van der Waals surface area contributed by atoms with Crippen molar-refractivity contribution >= 4 is 22.7 Å². The van der Waals surface area contributed by atoms with Crippen LogP contribution in [0.4, 0.5) is 8.78 Å². The molecule has 0 spiro atoms. The van der Waals surface area contributed by atoms with Gasteiger partial charge in [-0.2, -0.15) is 5.10 Å². The average Bonchev–Trinajstić information content (AvgIpc) is 3.10. The molecule has 1 unspecified atom stereocenters. The zero-order chi connectivity index (χ0) is 23.5. The van der Waals surface area contributed by atoms with Crippen LogP contribution in [0.3, 0.4) is 0 Å². The topological polar surface area (TPSA) is 96.2 Å². The van der Waals surface area contributed by atoms with E-state index in [9.17, 15) is 18.4 Å². The summed E-state index contributed by atoms with van der Waals surface area (Å²) in [4.78, 5) is 25.7. The van der Waals surface area contributed by atoms with Gasteiger partial charge in [0.15, 0.2) is 5.69 Å². The molecule has 1 heterocycles. The third-order valence-electron chi connectivity index (χ3n) is 5.00. The molecule has 0 aliphatic rings. The van der Waals surface area contributed by atoms with Gasteiger partial charge in [0.25, 0.3) is 5.91 Å². The fourth-order valence-electron chi connectivity index (χ4n) is 3.39. The van der Waals surface area contributed by atoms with Crippen LogP contribution in [0.2, 0.25) is 0 Å². The molecule has 0 aliphatic carbocycles. The van der Waals surface area contributed by atoms with E-state index in [2.05, 4.69) is 15.7 Å². The highest BCUT2D eigenvalue weighted by atomic mass is 19.1. The molecular formula is C23H26F2N4O3. The maximum absolute atomic E-state index is 14.7. The molecule has 3 N–H and O–H groups in total. The molecule has 0 bridgehead atoms. The summed E-state index contributed by atoms with van der Waals surface area (Å²) in [5, 5.41) is 18.9. The Morgan fingerprint density at radius 2 is 1.81 bits per heavy atom. The zero-order valence-electron chi connectivity index (χ0n) is 18.2. The van der Waals surface area contributed by atoms with E-state index in [0.717, 1.165) is 0 Å². The molecule has 7 nitrogen and oxygen atoms in total. The van der Waals surface area contributed by atoms with Gasteiger partial charge in [-0.3, -0.25) is 14.3 Å². The Morgan fingerprint density at radius 1 is 1.12 bits per heavy atom. The monoisotopic (exact) mass is 444 g/mol. The smallest absolute Gasteiger partial charge is 0.273 e. The lowest BCUT2D eigenvalue weighted by atomic mass is 9.86. The van der Waals surface area contributed by atoms with Gasteiger partial charge in [-0.05, 0) is 29.2 Å². The van der Waals surface area contributed by atoms with E-state index in [0.29, 0.717) is 10.9 Å². The normalized spacial score (nSPS) is 12.6. The number of aliphatic hydroxyl groups is 1. The summed E-state index contributed by atoms with van der Waals surface area (Å²) in [6, 6.07) is 9.13. The van der Waals surface area contributed by atoms with Crippen LogP contribution < -0.4 is 10.6 Å². The summed E-state index contributed by atoms with van der Waals surface area (Å²) < 4.78 is 29.3. The van der Waals surface area contributed by atoms with Crippen LogP contribution in [0.25, 0.3) is 10.9 Å². The maximum Gasteiger partial charge on any atom is 0.273 e. The SMILES string of the molecule is CC(C)(C)C(NC(=O)c1nn(Cc2ccc(F)cc2)c2c(F)cccc12)C(=O)NCCO. The lowest BCUT2D eigenvalue weighted by molar-refractivity contribution is -0.125. The molecule has 1 atom stereocenters. The summed E-state index contributed by atoms with van der Waals surface area (Å²) in [6.07, 6.45) is 0. The van der Waals surface area contributed by atoms with Crippen LogP contribution in [-0.4, -0.2) is 45.9 Å². The molecule has 0 radical (unpaired) electrons. The summed E-state index contributed by atoms with van der Waals surface area (Å²) in [5.74, 6) is -2.01. The van der Waals surface area contributed by atoms with Crippen LogP contribution in [0, 0.1) is 17.0 Å². The van der Waals surface area contributed by atoms with Crippen molar-refractivity contribution in [1.82, 2.24) is 20.4 Å². The van der Waals surface area contributed by atoms with Gasteiger partial charge in [0.05, 0.1) is 13.2 Å². The summed E-state index contributed by atoms with van der Waals surface area (Å²) >= 11 is 0. The van der Waals surface area contributed by atoms with Crippen LogP contribution >= 0.6 is 0 Å². The van der Waals surface area contributed by atoms with Gasteiger partial charge in [-0.15, -0.1) is 0 Å². The van der Waals surface area contributed by atoms with E-state index >= 15 is 0 Å². The Labute approximate surface area is 184 Å². The van der Waals surface area contributed by atoms with Crippen molar-refractivity contribution in [3.63, 3.8) is 0 Å². The van der Waals surface area contributed by atoms with Gasteiger partial charge in [0.1, 0.15) is 23.2 Å². The van der Waals surface area contributed by atoms with E-state index in [4.69, 9.17) is 5.11 Å². The molecule has 2 amide bonds. The van der Waals surface area contributed by atoms with E-state index in [1.54, 1.807) is 39.0 Å². The van der Waals surface area contributed by atoms with E-state index < -0.39 is 34.9 Å². The second kappa shape index (κ2) is 9.44. The van der Waals surface area contributed by atoms with Gasteiger partial charge in [0, 0.05) is 11.9 Å². The standard InChI is InChI=1S/C23H26F2N4O3/c1-23(2,3)20(22(32)26-11-12-30)27-21(31)18-16-5-4-6-17(25)19(16)29(28-18)13-14-7-9-15(24)10-8-14/h4-10,20,30H,11-13H2,1-3H3,(H,26,32)(H,27,31). The van der Waals surface area contributed by atoms with Gasteiger partial charge in [-0.25, -0.2) is 8.78 Å². The Bertz CT molecular complexity index is 1120. The first kappa shape index (κ1) is 23.3. The highest BCUT2D eigenvalue weighted by molar-refractivity contribution is 6.06. The molecule has 1 aromatic heterocycles. The third-order valence-corrected chi connectivity index (χ3v) is 5.00. The van der Waals surface area contributed by atoms with Gasteiger partial charge < -0.3 is 15.7 Å². The van der Waals surface area contributed by atoms with Crippen LogP contribution in [0.15, 0.2) is 42.5 Å². The summed E-state index contributed by atoms with van der Waals surface area (Å²) in [5.41, 5.74) is 0.166. The molecule has 32 heavy (non-hydrogen) atoms. The lowest BCUT2D eigenvalue weighted by Crippen LogP contribution is -2.54. The van der Waals surface area contributed by atoms with Crippen molar-refractivity contribution < 1.29 is 23.5 Å². The number of aromatic nitrogens is 2. The third kappa shape index (κ3) is 5.11. The second-order valence-corrected chi connectivity index (χ2v) is 8.56. The van der Waals surface area contributed by atoms with Crippen molar-refractivity contribution in [3.05, 3.63) is 65.4 Å². The fourth-order valence-corrected chi connectivity index (χ4v) is 3.39. The minimum absolute atomic E-state index is 0.0224. The van der Waals surface area contributed by atoms with Crippen molar-refractivity contribution in [1.29, 1.82) is 0 Å². The van der Waals surface area contributed by atoms with E-state index in [-0.39, 0.29) is 30.9 Å². The number of para-hydroxylation sites is 1. The number of aliphatic hydroxyl groups excluding tert-OH is 1. The van der Waals surface area contributed by atoms with Gasteiger partial charge in [0.2, 0.25) is 5.91 Å². The largest absolute Gasteiger partial charge is 0.395 e. The van der Waals surface area contributed by atoms with Gasteiger partial charge >= 0.3 is 0 Å². The molecule has 0 fully saturated rings. The van der Waals surface area contributed by atoms with Crippen LogP contribution in [0.1, 0.15) is 36.8 Å². The molecule has 2 aromatic carbocycles. The number of rotatable bonds is 7. The molecule has 0 aliphatic heterocycles. The van der Waals surface area contributed by atoms with Crippen molar-refractivity contribution in [2.75, 3.05) is 13.2 Å². The maximum atomic E-state index is 14.7. The second-order valence-electron chi connectivity index (χ2n) is 8.56.